The third-order valence-electron chi connectivity index (χ3n) is 3.35. The Balaban J connectivity index is 1.73. The number of nitrogens with zero attached hydrogens (tertiary/aromatic N) is 1. The predicted molar refractivity (Wildman–Crippen MR) is 78.2 cm³/mol. The summed E-state index contributed by atoms with van der Waals surface area (Å²) in [6, 6.07) is 8.23. The number of esters is 1. The molecule has 0 fully saturated rings. The lowest BCUT2D eigenvalue weighted by Crippen LogP contribution is -2.18. The van der Waals surface area contributed by atoms with Gasteiger partial charge in [-0.15, -0.1) is 0 Å². The fourth-order valence-corrected chi connectivity index (χ4v) is 2.15. The van der Waals surface area contributed by atoms with Gasteiger partial charge < -0.3 is 18.8 Å². The highest BCUT2D eigenvalue weighted by molar-refractivity contribution is 5.89. The summed E-state index contributed by atoms with van der Waals surface area (Å²) in [6.07, 6.45) is 1.53. The van der Waals surface area contributed by atoms with Crippen molar-refractivity contribution in [1.29, 1.82) is 0 Å². The number of rotatable bonds is 3. The number of benzene rings is 1. The van der Waals surface area contributed by atoms with Gasteiger partial charge in [-0.05, 0) is 12.1 Å². The van der Waals surface area contributed by atoms with Crippen molar-refractivity contribution < 1.29 is 19.0 Å². The molecule has 0 N–H and O–H groups in total. The summed E-state index contributed by atoms with van der Waals surface area (Å²) in [5, 5.41) is 0. The second-order valence-corrected chi connectivity index (χ2v) is 4.88. The summed E-state index contributed by atoms with van der Waals surface area (Å²) in [4.78, 5) is 23.5. The van der Waals surface area contributed by atoms with Gasteiger partial charge in [-0.25, -0.2) is 4.79 Å². The predicted octanol–water partition coefficient (Wildman–Crippen LogP) is 1.51. The van der Waals surface area contributed by atoms with Crippen molar-refractivity contribution in [3.63, 3.8) is 0 Å². The van der Waals surface area contributed by atoms with Gasteiger partial charge >= 0.3 is 5.97 Å². The number of aryl methyl sites for hydroxylation is 1. The smallest absolute Gasteiger partial charge is 0.338 e. The standard InChI is InChI=1S/C16H15NO5/c1-17-6-5-11(9-14(17)18)16(19)22-10-12-3-2-4-13-15(12)21-8-7-20-13/h2-6,9H,7-8,10H2,1H3. The molecule has 0 spiro atoms. The second-order valence-electron chi connectivity index (χ2n) is 4.88. The van der Waals surface area contributed by atoms with E-state index in [1.165, 1.54) is 16.8 Å². The number of para-hydroxylation sites is 1. The van der Waals surface area contributed by atoms with Crippen LogP contribution >= 0.6 is 0 Å². The van der Waals surface area contributed by atoms with Gasteiger partial charge in [0.2, 0.25) is 0 Å². The van der Waals surface area contributed by atoms with Gasteiger partial charge in [0.25, 0.3) is 5.56 Å². The van der Waals surface area contributed by atoms with Crippen LogP contribution in [0.1, 0.15) is 15.9 Å². The lowest BCUT2D eigenvalue weighted by molar-refractivity contribution is 0.0465. The highest BCUT2D eigenvalue weighted by atomic mass is 16.6. The molecule has 1 aliphatic rings. The molecule has 0 saturated carbocycles. The van der Waals surface area contributed by atoms with Crippen LogP contribution in [0.3, 0.4) is 0 Å². The van der Waals surface area contributed by atoms with Crippen LogP contribution in [-0.2, 0) is 18.4 Å². The van der Waals surface area contributed by atoms with Gasteiger partial charge in [0.15, 0.2) is 11.5 Å². The molecule has 114 valence electrons. The summed E-state index contributed by atoms with van der Waals surface area (Å²) in [5.41, 5.74) is 0.697. The first-order valence-corrected chi connectivity index (χ1v) is 6.86. The molecule has 6 nitrogen and oxygen atoms in total. The maximum atomic E-state index is 12.0. The molecule has 0 aliphatic carbocycles. The number of hydrogen-bond donors (Lipinski definition) is 0. The van der Waals surface area contributed by atoms with E-state index in [2.05, 4.69) is 0 Å². The van der Waals surface area contributed by atoms with E-state index < -0.39 is 5.97 Å². The number of ether oxygens (including phenoxy) is 3. The van der Waals surface area contributed by atoms with Crippen molar-refractivity contribution in [3.8, 4) is 11.5 Å². The summed E-state index contributed by atoms with van der Waals surface area (Å²) in [5.74, 6) is 0.700. The van der Waals surface area contributed by atoms with Crippen molar-refractivity contribution >= 4 is 5.97 Å². The zero-order chi connectivity index (χ0) is 15.5. The number of hydrogen-bond acceptors (Lipinski definition) is 5. The minimum Gasteiger partial charge on any atom is -0.486 e. The number of carbonyl (C=O) groups excluding carboxylic acids is 1. The normalized spacial score (nSPS) is 12.8. The Morgan fingerprint density at radius 2 is 2.09 bits per heavy atom. The van der Waals surface area contributed by atoms with Gasteiger partial charge in [0.1, 0.15) is 19.8 Å². The monoisotopic (exact) mass is 301 g/mol. The highest BCUT2D eigenvalue weighted by Gasteiger charge is 2.17. The molecule has 1 aliphatic heterocycles. The second kappa shape index (κ2) is 5.93. The molecule has 3 rings (SSSR count). The molecular weight excluding hydrogens is 286 g/mol. The molecule has 0 amide bonds. The van der Waals surface area contributed by atoms with Crippen LogP contribution in [0.25, 0.3) is 0 Å². The van der Waals surface area contributed by atoms with E-state index in [4.69, 9.17) is 14.2 Å². The summed E-state index contributed by atoms with van der Waals surface area (Å²) in [6.45, 7) is 1.02. The van der Waals surface area contributed by atoms with Crippen LogP contribution in [0.4, 0.5) is 0 Å². The summed E-state index contributed by atoms with van der Waals surface area (Å²) >= 11 is 0. The molecule has 0 radical (unpaired) electrons. The Morgan fingerprint density at radius 3 is 2.91 bits per heavy atom. The number of aromatic nitrogens is 1. The first kappa shape index (κ1) is 14.2. The Labute approximate surface area is 126 Å². The third-order valence-corrected chi connectivity index (χ3v) is 3.35. The van der Waals surface area contributed by atoms with E-state index in [1.807, 2.05) is 12.1 Å². The van der Waals surface area contributed by atoms with Gasteiger partial charge in [-0.2, -0.15) is 0 Å². The van der Waals surface area contributed by atoms with Crippen molar-refractivity contribution in [3.05, 3.63) is 58.0 Å². The van der Waals surface area contributed by atoms with Crippen molar-refractivity contribution in [2.75, 3.05) is 13.2 Å². The van der Waals surface area contributed by atoms with Crippen LogP contribution in [0.15, 0.2) is 41.3 Å². The van der Waals surface area contributed by atoms with Gasteiger partial charge in [-0.3, -0.25) is 4.79 Å². The SMILES string of the molecule is Cn1ccc(C(=O)OCc2cccc3c2OCCO3)cc1=O. The summed E-state index contributed by atoms with van der Waals surface area (Å²) in [7, 11) is 1.62. The Morgan fingerprint density at radius 1 is 1.27 bits per heavy atom. The average molecular weight is 301 g/mol. The maximum Gasteiger partial charge on any atom is 0.338 e. The maximum absolute atomic E-state index is 12.0. The largest absolute Gasteiger partial charge is 0.486 e. The zero-order valence-electron chi connectivity index (χ0n) is 12.1. The first-order valence-electron chi connectivity index (χ1n) is 6.86. The van der Waals surface area contributed by atoms with E-state index in [0.29, 0.717) is 24.7 Å². The molecular formula is C16H15NO5. The van der Waals surface area contributed by atoms with E-state index in [9.17, 15) is 9.59 Å². The number of carbonyl (C=O) groups is 1. The van der Waals surface area contributed by atoms with E-state index in [1.54, 1.807) is 19.2 Å². The van der Waals surface area contributed by atoms with Gasteiger partial charge in [0, 0.05) is 24.9 Å². The van der Waals surface area contributed by atoms with Crippen LogP contribution in [0, 0.1) is 0 Å². The van der Waals surface area contributed by atoms with Crippen molar-refractivity contribution in [2.24, 2.45) is 7.05 Å². The third kappa shape index (κ3) is 2.81. The summed E-state index contributed by atoms with van der Waals surface area (Å²) < 4.78 is 17.7. The fraction of sp³-hybridized carbons (Fsp3) is 0.250. The van der Waals surface area contributed by atoms with E-state index in [0.717, 1.165) is 5.56 Å². The molecule has 2 heterocycles. The van der Waals surface area contributed by atoms with Gasteiger partial charge in [0.05, 0.1) is 5.56 Å². The molecule has 0 bridgehead atoms. The van der Waals surface area contributed by atoms with Crippen LogP contribution < -0.4 is 15.0 Å². The Bertz CT molecular complexity index is 765. The van der Waals surface area contributed by atoms with Crippen LogP contribution in [0.2, 0.25) is 0 Å². The highest BCUT2D eigenvalue weighted by Crippen LogP contribution is 2.33. The molecule has 1 aromatic heterocycles. The van der Waals surface area contributed by atoms with Crippen LogP contribution in [-0.4, -0.2) is 23.8 Å². The minimum absolute atomic E-state index is 0.0561. The lowest BCUT2D eigenvalue weighted by atomic mass is 10.2. The lowest BCUT2D eigenvalue weighted by Gasteiger charge is -2.20. The molecule has 2 aromatic rings. The van der Waals surface area contributed by atoms with Crippen molar-refractivity contribution in [2.45, 2.75) is 6.61 Å². The molecule has 0 saturated heterocycles. The zero-order valence-corrected chi connectivity index (χ0v) is 12.1. The Hall–Kier alpha value is -2.76. The molecule has 0 atom stereocenters. The van der Waals surface area contributed by atoms with E-state index >= 15 is 0 Å². The van der Waals surface area contributed by atoms with Crippen LogP contribution in [0.5, 0.6) is 11.5 Å². The number of fused-ring (bicyclic) bond motifs is 1. The molecule has 6 heteroatoms. The molecule has 1 aromatic carbocycles. The minimum atomic E-state index is -0.549. The topological polar surface area (TPSA) is 66.8 Å². The quantitative estimate of drug-likeness (QED) is 0.804. The molecule has 22 heavy (non-hydrogen) atoms. The van der Waals surface area contributed by atoms with Gasteiger partial charge in [-0.1, -0.05) is 12.1 Å². The van der Waals surface area contributed by atoms with Crippen molar-refractivity contribution in [1.82, 2.24) is 4.57 Å². The number of pyridine rings is 1. The first-order chi connectivity index (χ1) is 10.6. The molecule has 0 unspecified atom stereocenters. The average Bonchev–Trinajstić information content (AvgIpc) is 2.55. The van der Waals surface area contributed by atoms with E-state index in [-0.39, 0.29) is 17.7 Å². The fourth-order valence-electron chi connectivity index (χ4n) is 2.15. The Kier molecular flexibility index (Phi) is 3.82.